The summed E-state index contributed by atoms with van der Waals surface area (Å²) in [7, 11) is 0. The van der Waals surface area contributed by atoms with Crippen molar-refractivity contribution >= 4 is 17.8 Å². The van der Waals surface area contributed by atoms with Crippen LogP contribution >= 0.6 is 0 Å². The van der Waals surface area contributed by atoms with Crippen molar-refractivity contribution in [1.29, 1.82) is 0 Å². The molecule has 2 amide bonds. The van der Waals surface area contributed by atoms with Gasteiger partial charge in [-0.15, -0.1) is 0 Å². The van der Waals surface area contributed by atoms with E-state index in [0.29, 0.717) is 13.1 Å². The van der Waals surface area contributed by atoms with Gasteiger partial charge in [-0.1, -0.05) is 50.0 Å². The number of carboxylic acid groups (broad SMARTS) is 1. The Morgan fingerprint density at radius 3 is 2.11 bits per heavy atom. The zero-order valence-electron chi connectivity index (χ0n) is 16.1. The number of carboxylic acids is 1. The maximum atomic E-state index is 12.3. The minimum absolute atomic E-state index is 0.0310. The molecule has 1 aliphatic carbocycles. The molecule has 4 N–H and O–H groups in total. The fourth-order valence-corrected chi connectivity index (χ4v) is 2.82. The van der Waals surface area contributed by atoms with Crippen LogP contribution in [-0.2, 0) is 14.4 Å². The lowest BCUT2D eigenvalue weighted by molar-refractivity contribution is -0.138. The summed E-state index contributed by atoms with van der Waals surface area (Å²) in [5.41, 5.74) is -0.899. The van der Waals surface area contributed by atoms with Crippen molar-refractivity contribution in [3.05, 3.63) is 24.3 Å². The van der Waals surface area contributed by atoms with Crippen LogP contribution < -0.4 is 10.6 Å². The zero-order chi connectivity index (χ0) is 20.1. The number of hydrogen-bond donors (Lipinski definition) is 4. The number of carbonyl (C=O) groups is 3. The lowest BCUT2D eigenvalue weighted by atomic mass is 9.80. The average Bonchev–Trinajstić information content (AvgIpc) is 2.63. The van der Waals surface area contributed by atoms with E-state index >= 15 is 0 Å². The molecule has 0 radical (unpaired) electrons. The number of rotatable bonds is 13. The summed E-state index contributed by atoms with van der Waals surface area (Å²) in [6.07, 6.45) is 11.9. The molecule has 2 unspecified atom stereocenters. The Labute approximate surface area is 160 Å². The highest BCUT2D eigenvalue weighted by Crippen LogP contribution is 2.27. The van der Waals surface area contributed by atoms with Gasteiger partial charge in [0.2, 0.25) is 11.8 Å². The van der Waals surface area contributed by atoms with Gasteiger partial charge in [-0.2, -0.15) is 0 Å². The number of allylic oxidation sites excluding steroid dienone is 2. The van der Waals surface area contributed by atoms with E-state index in [-0.39, 0.29) is 24.7 Å². The first-order chi connectivity index (χ1) is 12.9. The van der Waals surface area contributed by atoms with Gasteiger partial charge in [-0.25, -0.2) is 0 Å². The van der Waals surface area contributed by atoms with Crippen molar-refractivity contribution < 1.29 is 24.6 Å². The van der Waals surface area contributed by atoms with Gasteiger partial charge < -0.3 is 20.8 Å². The summed E-state index contributed by atoms with van der Waals surface area (Å²) in [5, 5.41) is 24.1. The fourth-order valence-electron chi connectivity index (χ4n) is 2.82. The second-order valence-corrected chi connectivity index (χ2v) is 7.09. The summed E-state index contributed by atoms with van der Waals surface area (Å²) in [4.78, 5) is 33.9. The van der Waals surface area contributed by atoms with E-state index in [0.717, 1.165) is 38.5 Å². The van der Waals surface area contributed by atoms with Crippen LogP contribution in [0.15, 0.2) is 24.3 Å². The quantitative estimate of drug-likeness (QED) is 0.364. The minimum atomic E-state index is -0.960. The van der Waals surface area contributed by atoms with E-state index in [9.17, 15) is 19.5 Å². The third kappa shape index (κ3) is 8.86. The molecule has 0 saturated heterocycles. The maximum Gasteiger partial charge on any atom is 0.303 e. The molecule has 2 atom stereocenters. The number of aliphatic hydroxyl groups is 1. The van der Waals surface area contributed by atoms with Gasteiger partial charge in [0.25, 0.3) is 0 Å². The Bertz CT molecular complexity index is 559. The second-order valence-electron chi connectivity index (χ2n) is 7.09. The highest BCUT2D eigenvalue weighted by Gasteiger charge is 2.37. The van der Waals surface area contributed by atoms with Crippen LogP contribution in [0.25, 0.3) is 0 Å². The van der Waals surface area contributed by atoms with Crippen LogP contribution in [0.4, 0.5) is 0 Å². The van der Waals surface area contributed by atoms with Crippen LogP contribution in [0.3, 0.4) is 0 Å². The van der Waals surface area contributed by atoms with Gasteiger partial charge in [0.15, 0.2) is 0 Å². The Kier molecular flexibility index (Phi) is 10.4. The van der Waals surface area contributed by atoms with Gasteiger partial charge in [0.1, 0.15) is 0 Å². The van der Waals surface area contributed by atoms with Crippen molar-refractivity contribution in [1.82, 2.24) is 10.6 Å². The van der Waals surface area contributed by atoms with Gasteiger partial charge in [0, 0.05) is 19.5 Å². The lowest BCUT2D eigenvalue weighted by Gasteiger charge is -2.30. The van der Waals surface area contributed by atoms with E-state index in [4.69, 9.17) is 5.11 Å². The fraction of sp³-hybridized carbons (Fsp3) is 0.650. The van der Waals surface area contributed by atoms with E-state index in [1.807, 2.05) is 0 Å². The smallest absolute Gasteiger partial charge is 0.303 e. The van der Waals surface area contributed by atoms with Gasteiger partial charge in [-0.3, -0.25) is 14.4 Å². The SMILES string of the molecule is CC1(C(=O)NCCCCCCCCNC(=O)CCC(=O)O)C=CC=CC1O. The monoisotopic (exact) mass is 380 g/mol. The summed E-state index contributed by atoms with van der Waals surface area (Å²) >= 11 is 0. The molecule has 0 saturated carbocycles. The molecule has 0 aromatic heterocycles. The number of nitrogens with one attached hydrogen (secondary N) is 2. The van der Waals surface area contributed by atoms with E-state index in [2.05, 4.69) is 10.6 Å². The number of aliphatic hydroxyl groups excluding tert-OH is 1. The minimum Gasteiger partial charge on any atom is -0.481 e. The predicted molar refractivity (Wildman–Crippen MR) is 103 cm³/mol. The topological polar surface area (TPSA) is 116 Å². The summed E-state index contributed by atoms with van der Waals surface area (Å²) in [5.74, 6) is -1.33. The number of unbranched alkanes of at least 4 members (excludes halogenated alkanes) is 5. The molecule has 0 heterocycles. The molecule has 0 bridgehead atoms. The van der Waals surface area contributed by atoms with E-state index in [1.165, 1.54) is 0 Å². The Morgan fingerprint density at radius 1 is 0.926 bits per heavy atom. The lowest BCUT2D eigenvalue weighted by Crippen LogP contribution is -2.45. The second kappa shape index (κ2) is 12.3. The van der Waals surface area contributed by atoms with Gasteiger partial charge in [-0.05, 0) is 19.8 Å². The highest BCUT2D eigenvalue weighted by molar-refractivity contribution is 5.85. The molecule has 1 rings (SSSR count). The van der Waals surface area contributed by atoms with Gasteiger partial charge >= 0.3 is 5.97 Å². The van der Waals surface area contributed by atoms with Crippen molar-refractivity contribution in [2.24, 2.45) is 5.41 Å². The molecule has 0 fully saturated rings. The molecule has 27 heavy (non-hydrogen) atoms. The average molecular weight is 380 g/mol. The molecule has 0 aromatic carbocycles. The molecule has 7 heteroatoms. The first-order valence-corrected chi connectivity index (χ1v) is 9.67. The van der Waals surface area contributed by atoms with Crippen molar-refractivity contribution in [2.75, 3.05) is 13.1 Å². The van der Waals surface area contributed by atoms with E-state index in [1.54, 1.807) is 31.2 Å². The zero-order valence-corrected chi connectivity index (χ0v) is 16.1. The summed E-state index contributed by atoms with van der Waals surface area (Å²) in [6.45, 7) is 2.91. The van der Waals surface area contributed by atoms with Crippen LogP contribution in [0.1, 0.15) is 58.3 Å². The largest absolute Gasteiger partial charge is 0.481 e. The Morgan fingerprint density at radius 2 is 1.52 bits per heavy atom. The van der Waals surface area contributed by atoms with Crippen LogP contribution in [0.2, 0.25) is 0 Å². The predicted octanol–water partition coefficient (Wildman–Crippen LogP) is 1.92. The van der Waals surface area contributed by atoms with Crippen LogP contribution in [0, 0.1) is 5.41 Å². The standard InChI is InChI=1S/C20H32N2O5/c1-20(13-7-6-10-16(20)23)19(27)22-15-9-5-3-2-4-8-14-21-17(24)11-12-18(25)26/h6-7,10,13,16,23H,2-5,8-9,11-12,14-15H2,1H3,(H,21,24)(H,22,27)(H,25,26). The first-order valence-electron chi connectivity index (χ1n) is 9.67. The number of amides is 2. The normalized spacial score (nSPS) is 21.0. The molecule has 7 nitrogen and oxygen atoms in total. The molecule has 0 spiro atoms. The number of hydrogen-bond acceptors (Lipinski definition) is 4. The molecule has 0 aliphatic heterocycles. The van der Waals surface area contributed by atoms with Crippen LogP contribution in [-0.4, -0.2) is 47.2 Å². The number of carbonyl (C=O) groups excluding carboxylic acids is 2. The van der Waals surface area contributed by atoms with Crippen molar-refractivity contribution in [2.45, 2.75) is 64.4 Å². The number of aliphatic carboxylic acids is 1. The van der Waals surface area contributed by atoms with Crippen molar-refractivity contribution in [3.63, 3.8) is 0 Å². The third-order valence-electron chi connectivity index (χ3n) is 4.73. The van der Waals surface area contributed by atoms with Crippen LogP contribution in [0.5, 0.6) is 0 Å². The summed E-state index contributed by atoms with van der Waals surface area (Å²) < 4.78 is 0. The molecule has 1 aliphatic rings. The first kappa shape index (κ1) is 22.9. The molecular weight excluding hydrogens is 348 g/mol. The van der Waals surface area contributed by atoms with Gasteiger partial charge in [0.05, 0.1) is 17.9 Å². The summed E-state index contributed by atoms with van der Waals surface area (Å²) in [6, 6.07) is 0. The Balaban J connectivity index is 1.97. The molecule has 0 aromatic rings. The highest BCUT2D eigenvalue weighted by atomic mass is 16.4. The molecular formula is C20H32N2O5. The van der Waals surface area contributed by atoms with Crippen molar-refractivity contribution in [3.8, 4) is 0 Å². The maximum absolute atomic E-state index is 12.3. The third-order valence-corrected chi connectivity index (χ3v) is 4.73. The van der Waals surface area contributed by atoms with E-state index < -0.39 is 17.5 Å². The Hall–Kier alpha value is -2.15. The molecule has 152 valence electrons.